The van der Waals surface area contributed by atoms with Gasteiger partial charge in [-0.2, -0.15) is 5.10 Å². The number of carbonyl (C=O) groups is 2. The lowest BCUT2D eigenvalue weighted by Crippen LogP contribution is -2.19. The number of rotatable bonds is 13. The summed E-state index contributed by atoms with van der Waals surface area (Å²) < 4.78 is 12.1. The number of methoxy groups -OCH3 is 2. The molecule has 0 saturated carbocycles. The summed E-state index contributed by atoms with van der Waals surface area (Å²) in [5, 5.41) is 7.20. The van der Waals surface area contributed by atoms with Crippen LogP contribution in [0.3, 0.4) is 0 Å². The van der Waals surface area contributed by atoms with Crippen molar-refractivity contribution in [1.82, 2.24) is 14.5 Å². The van der Waals surface area contributed by atoms with E-state index in [1.807, 2.05) is 47.9 Å². The molecular weight excluding hydrogens is 592 g/mol. The molecule has 0 fully saturated rings. The van der Waals surface area contributed by atoms with E-state index in [-0.39, 0.29) is 11.9 Å². The zero-order valence-corrected chi connectivity index (χ0v) is 23.8. The molecule has 1 atom stereocenters. The average molecular weight is 623 g/mol. The molecule has 1 amide bonds. The topological polar surface area (TPSA) is 98.6 Å². The highest BCUT2D eigenvalue weighted by Gasteiger charge is 2.15. The predicted molar refractivity (Wildman–Crippen MR) is 153 cm³/mol. The lowest BCUT2D eigenvalue weighted by atomic mass is 10.1. The van der Waals surface area contributed by atoms with Crippen LogP contribution in [0.2, 0.25) is 0 Å². The molecule has 1 unspecified atom stereocenters. The summed E-state index contributed by atoms with van der Waals surface area (Å²) in [5.41, 5.74) is 3.44. The molecule has 0 bridgehead atoms. The van der Waals surface area contributed by atoms with Crippen molar-refractivity contribution in [1.29, 1.82) is 0 Å². The maximum atomic E-state index is 13.0. The number of nitrogens with one attached hydrogen (secondary N) is 1. The van der Waals surface area contributed by atoms with Gasteiger partial charge in [-0.3, -0.25) is 9.59 Å². The molecule has 3 aromatic rings. The van der Waals surface area contributed by atoms with Gasteiger partial charge in [-0.05, 0) is 65.2 Å². The molecule has 192 valence electrons. The quantitative estimate of drug-likeness (QED) is 0.115. The second kappa shape index (κ2) is 14.1. The molecule has 9 nitrogen and oxygen atoms in total. The number of aromatic nitrogens is 3. The van der Waals surface area contributed by atoms with Crippen molar-refractivity contribution in [3.05, 3.63) is 54.4 Å². The molecule has 36 heavy (non-hydrogen) atoms. The molecule has 0 aliphatic heterocycles. The van der Waals surface area contributed by atoms with Gasteiger partial charge in [0.1, 0.15) is 11.4 Å². The van der Waals surface area contributed by atoms with E-state index in [0.717, 1.165) is 43.6 Å². The second-order valence-corrected chi connectivity index (χ2v) is 10.2. The Balaban J connectivity index is 1.60. The minimum Gasteiger partial charge on any atom is -0.494 e. The summed E-state index contributed by atoms with van der Waals surface area (Å²) in [6.45, 7) is 0.873. The van der Waals surface area contributed by atoms with E-state index in [1.54, 1.807) is 19.4 Å². The van der Waals surface area contributed by atoms with E-state index < -0.39 is 0 Å². The Kier molecular flexibility index (Phi) is 10.9. The van der Waals surface area contributed by atoms with Gasteiger partial charge in [0.05, 0.1) is 37.7 Å². The number of hydrogen-bond acceptors (Lipinski definition) is 7. The third-order valence-electron chi connectivity index (χ3n) is 5.69. The van der Waals surface area contributed by atoms with E-state index in [2.05, 4.69) is 47.1 Å². The van der Waals surface area contributed by atoms with Gasteiger partial charge < -0.3 is 19.7 Å². The van der Waals surface area contributed by atoms with Crippen molar-refractivity contribution in [2.45, 2.75) is 32.1 Å². The molecule has 0 radical (unpaired) electrons. The predicted octanol–water partition coefficient (Wildman–Crippen LogP) is 5.56. The van der Waals surface area contributed by atoms with Crippen molar-refractivity contribution in [3.63, 3.8) is 0 Å². The van der Waals surface area contributed by atoms with Crippen LogP contribution in [0.25, 0.3) is 11.4 Å². The van der Waals surface area contributed by atoms with Crippen LogP contribution in [-0.2, 0) is 9.53 Å². The summed E-state index contributed by atoms with van der Waals surface area (Å²) in [6, 6.07) is 13.0. The Morgan fingerprint density at radius 1 is 1.11 bits per heavy atom. The van der Waals surface area contributed by atoms with Crippen LogP contribution in [-0.4, -0.2) is 54.2 Å². The first-order chi connectivity index (χ1) is 17.5. The van der Waals surface area contributed by atoms with Crippen molar-refractivity contribution in [2.75, 3.05) is 38.0 Å². The monoisotopic (exact) mass is 623 g/mol. The fourth-order valence-electron chi connectivity index (χ4n) is 3.68. The van der Waals surface area contributed by atoms with Gasteiger partial charge in [0.25, 0.3) is 5.91 Å². The minimum atomic E-state index is -0.314. The maximum absolute atomic E-state index is 13.0. The van der Waals surface area contributed by atoms with Gasteiger partial charge in [-0.1, -0.05) is 18.9 Å². The van der Waals surface area contributed by atoms with E-state index in [9.17, 15) is 9.59 Å². The number of nitrogens with zero attached hydrogens (tertiary/aromatic N) is 4. The number of anilines is 2. The minimum absolute atomic E-state index is 0.154. The van der Waals surface area contributed by atoms with Gasteiger partial charge in [0, 0.05) is 38.0 Å². The molecule has 1 aromatic carbocycles. The molecule has 2 aromatic heterocycles. The van der Waals surface area contributed by atoms with E-state index >= 15 is 0 Å². The molecular formula is C25H31IN5O4P. The van der Waals surface area contributed by atoms with Crippen LogP contribution in [0, 0.1) is 0 Å². The fourth-order valence-corrected chi connectivity index (χ4v) is 5.22. The highest BCUT2D eigenvalue weighted by molar-refractivity contribution is 14.2. The zero-order chi connectivity index (χ0) is 25.9. The van der Waals surface area contributed by atoms with E-state index in [1.165, 1.54) is 7.11 Å². The maximum Gasteiger partial charge on any atom is 0.305 e. The van der Waals surface area contributed by atoms with Crippen LogP contribution < -0.4 is 15.0 Å². The van der Waals surface area contributed by atoms with Crippen LogP contribution in [0.15, 0.2) is 48.7 Å². The summed E-state index contributed by atoms with van der Waals surface area (Å²) in [7, 11) is 5.03. The molecule has 3 rings (SSSR count). The van der Waals surface area contributed by atoms with Crippen LogP contribution in [0.4, 0.5) is 11.4 Å². The first-order valence-electron chi connectivity index (χ1n) is 11.6. The highest BCUT2D eigenvalue weighted by atomic mass is 127. The SMILES string of the molecule is COC(=O)CCCCCCN(C)c1ccc(NC(=O)c2cccc(-c3ccnn3PI)n2)c(OC)c1. The third-order valence-corrected chi connectivity index (χ3v) is 7.58. The zero-order valence-electron chi connectivity index (χ0n) is 20.7. The lowest BCUT2D eigenvalue weighted by Gasteiger charge is -2.21. The summed E-state index contributed by atoms with van der Waals surface area (Å²) >= 11 is 2.26. The second-order valence-electron chi connectivity index (χ2n) is 8.12. The summed E-state index contributed by atoms with van der Waals surface area (Å²) in [4.78, 5) is 30.9. The Morgan fingerprint density at radius 3 is 2.67 bits per heavy atom. The number of ether oxygens (including phenoxy) is 2. The number of carbonyl (C=O) groups excluding carboxylic acids is 2. The van der Waals surface area contributed by atoms with Crippen molar-refractivity contribution >= 4 is 51.7 Å². The number of hydrogen-bond donors (Lipinski definition) is 1. The van der Waals surface area contributed by atoms with Crippen molar-refractivity contribution < 1.29 is 19.1 Å². The van der Waals surface area contributed by atoms with Gasteiger partial charge in [0.2, 0.25) is 0 Å². The Hall–Kier alpha value is -2.72. The molecule has 0 aliphatic rings. The van der Waals surface area contributed by atoms with Crippen LogP contribution >= 0.6 is 28.4 Å². The van der Waals surface area contributed by atoms with Crippen molar-refractivity contribution in [3.8, 4) is 17.1 Å². The molecule has 2 heterocycles. The number of benzene rings is 1. The Labute approximate surface area is 226 Å². The van der Waals surface area contributed by atoms with Crippen LogP contribution in [0.5, 0.6) is 5.75 Å². The van der Waals surface area contributed by atoms with Gasteiger partial charge in [0.15, 0.2) is 0 Å². The normalized spacial score (nSPS) is 11.0. The van der Waals surface area contributed by atoms with Gasteiger partial charge in [-0.25, -0.2) is 9.44 Å². The number of amides is 1. The highest BCUT2D eigenvalue weighted by Crippen LogP contribution is 2.31. The Morgan fingerprint density at radius 2 is 1.92 bits per heavy atom. The van der Waals surface area contributed by atoms with Gasteiger partial charge >= 0.3 is 5.97 Å². The Bertz CT molecular complexity index is 1170. The molecule has 1 N–H and O–H groups in total. The number of pyridine rings is 1. The third kappa shape index (κ3) is 7.64. The lowest BCUT2D eigenvalue weighted by molar-refractivity contribution is -0.140. The number of unbranched alkanes of at least 4 members (excludes halogenated alkanes) is 3. The van der Waals surface area contributed by atoms with Crippen LogP contribution in [0.1, 0.15) is 42.6 Å². The first kappa shape index (κ1) is 27.9. The van der Waals surface area contributed by atoms with Crippen molar-refractivity contribution in [2.24, 2.45) is 0 Å². The number of esters is 1. The summed E-state index contributed by atoms with van der Waals surface area (Å²) in [6.07, 6.45) is 6.53. The smallest absolute Gasteiger partial charge is 0.305 e. The average Bonchev–Trinajstić information content (AvgIpc) is 3.39. The molecule has 0 saturated heterocycles. The molecule has 0 aliphatic carbocycles. The largest absolute Gasteiger partial charge is 0.494 e. The standard InChI is InChI=1S/C25H31IN5O4P/c1-30(16-7-5-4-6-11-24(32)35-3)18-12-13-20(23(17-18)34-2)29-25(33)21-10-8-9-19(28-21)22-14-15-27-31(22)36-26/h8-10,12-15,17,36H,4-7,11,16H2,1-3H3,(H,29,33). The van der Waals surface area contributed by atoms with E-state index in [0.29, 0.717) is 35.6 Å². The first-order valence-corrected chi connectivity index (χ1v) is 15.7. The van der Waals surface area contributed by atoms with E-state index in [4.69, 9.17) is 4.74 Å². The molecule has 0 spiro atoms. The summed E-state index contributed by atoms with van der Waals surface area (Å²) in [5.74, 6) is 0.108. The number of halogens is 1. The van der Waals surface area contributed by atoms with Gasteiger partial charge in [-0.15, -0.1) is 0 Å². The molecule has 11 heteroatoms. The fraction of sp³-hybridized carbons (Fsp3) is 0.360.